The molecule has 8 nitrogen and oxygen atoms in total. The fourth-order valence-electron chi connectivity index (χ4n) is 3.52. The van der Waals surface area contributed by atoms with E-state index in [1.807, 2.05) is 6.92 Å². The van der Waals surface area contributed by atoms with E-state index in [1.54, 1.807) is 35.3 Å². The van der Waals surface area contributed by atoms with Gasteiger partial charge in [0.05, 0.1) is 30.9 Å². The summed E-state index contributed by atoms with van der Waals surface area (Å²) in [4.78, 5) is 42.4. The number of ether oxygens (including phenoxy) is 1. The van der Waals surface area contributed by atoms with Crippen molar-refractivity contribution < 1.29 is 14.3 Å². The van der Waals surface area contributed by atoms with Crippen LogP contribution in [-0.4, -0.2) is 75.5 Å². The number of aromatic nitrogens is 3. The number of rotatable bonds is 3. The summed E-state index contributed by atoms with van der Waals surface area (Å²) in [7, 11) is 1.79. The van der Waals surface area contributed by atoms with Crippen LogP contribution in [0.15, 0.2) is 18.5 Å². The molecule has 2 fully saturated rings. The summed E-state index contributed by atoms with van der Waals surface area (Å²) in [6.07, 6.45) is 4.23. The van der Waals surface area contributed by atoms with Crippen molar-refractivity contribution in [2.75, 3.05) is 26.7 Å². The second-order valence-electron chi connectivity index (χ2n) is 6.66. The van der Waals surface area contributed by atoms with Gasteiger partial charge in [-0.05, 0) is 12.5 Å². The molecule has 27 heavy (non-hydrogen) atoms. The Kier molecular flexibility index (Phi) is 4.88. The molecule has 0 saturated carbocycles. The predicted molar refractivity (Wildman–Crippen MR) is 99.3 cm³/mol. The Hall–Kier alpha value is -2.39. The quantitative estimate of drug-likeness (QED) is 0.787. The molecule has 0 unspecified atom stereocenters. The first-order valence-corrected chi connectivity index (χ1v) is 9.83. The SMILES string of the molecule is CCc1nc(-c2ncccn2)sc1C(=O)N1C[C@@H]2OCCC(=O)N(C)[C@H]2C1. The zero-order valence-electron chi connectivity index (χ0n) is 15.3. The highest BCUT2D eigenvalue weighted by atomic mass is 32.1. The Balaban J connectivity index is 1.58. The molecule has 9 heteroatoms. The molecule has 4 heterocycles. The Morgan fingerprint density at radius 1 is 1.33 bits per heavy atom. The molecule has 2 saturated heterocycles. The number of amides is 2. The Labute approximate surface area is 161 Å². The van der Waals surface area contributed by atoms with Gasteiger partial charge in [-0.15, -0.1) is 11.3 Å². The predicted octanol–water partition coefficient (Wildman–Crippen LogP) is 1.23. The summed E-state index contributed by atoms with van der Waals surface area (Å²) in [6.45, 7) is 3.34. The lowest BCUT2D eigenvalue weighted by molar-refractivity contribution is -0.131. The molecule has 0 bridgehead atoms. The largest absolute Gasteiger partial charge is 0.374 e. The van der Waals surface area contributed by atoms with E-state index in [9.17, 15) is 9.59 Å². The average Bonchev–Trinajstić information content (AvgIpc) is 3.29. The third kappa shape index (κ3) is 3.32. The fourth-order valence-corrected chi connectivity index (χ4v) is 4.59. The van der Waals surface area contributed by atoms with Crippen LogP contribution in [0.3, 0.4) is 0 Å². The molecule has 2 aromatic heterocycles. The average molecular weight is 387 g/mol. The first-order chi connectivity index (χ1) is 13.1. The van der Waals surface area contributed by atoms with Crippen molar-refractivity contribution in [1.29, 1.82) is 0 Å². The number of aryl methyl sites for hydroxylation is 1. The highest BCUT2D eigenvalue weighted by Crippen LogP contribution is 2.30. The maximum Gasteiger partial charge on any atom is 0.266 e. The van der Waals surface area contributed by atoms with Gasteiger partial charge in [-0.2, -0.15) is 0 Å². The molecule has 2 aliphatic heterocycles. The molecule has 0 radical (unpaired) electrons. The number of nitrogens with zero attached hydrogens (tertiary/aromatic N) is 5. The van der Waals surface area contributed by atoms with Gasteiger partial charge in [0.1, 0.15) is 4.88 Å². The van der Waals surface area contributed by atoms with Crippen LogP contribution in [0.5, 0.6) is 0 Å². The van der Waals surface area contributed by atoms with Crippen LogP contribution in [0.1, 0.15) is 28.7 Å². The summed E-state index contributed by atoms with van der Waals surface area (Å²) in [5, 5.41) is 0.646. The number of carbonyl (C=O) groups is 2. The van der Waals surface area contributed by atoms with Gasteiger partial charge < -0.3 is 14.5 Å². The van der Waals surface area contributed by atoms with Crippen LogP contribution in [0.4, 0.5) is 0 Å². The molecule has 0 aromatic carbocycles. The van der Waals surface area contributed by atoms with Crippen molar-refractivity contribution in [1.82, 2.24) is 24.8 Å². The lowest BCUT2D eigenvalue weighted by atomic mass is 10.2. The van der Waals surface area contributed by atoms with E-state index >= 15 is 0 Å². The Morgan fingerprint density at radius 2 is 2.11 bits per heavy atom. The van der Waals surface area contributed by atoms with Crippen LogP contribution in [-0.2, 0) is 16.0 Å². The van der Waals surface area contributed by atoms with Crippen LogP contribution < -0.4 is 0 Å². The highest BCUT2D eigenvalue weighted by molar-refractivity contribution is 7.17. The number of fused-ring (bicyclic) bond motifs is 1. The maximum absolute atomic E-state index is 13.2. The standard InChI is InChI=1S/C18H21N5O3S/c1-3-11-15(27-17(21-11)16-19-6-4-7-20-16)18(25)23-9-12-13(10-23)26-8-5-14(24)22(12)2/h4,6-7,12-13H,3,5,8-10H2,1-2H3/t12-,13-/m0/s1. The number of likely N-dealkylation sites (tertiary alicyclic amines) is 1. The van der Waals surface area contributed by atoms with Crippen LogP contribution in [0.25, 0.3) is 10.8 Å². The van der Waals surface area contributed by atoms with Crippen molar-refractivity contribution in [3.63, 3.8) is 0 Å². The van der Waals surface area contributed by atoms with Crippen LogP contribution >= 0.6 is 11.3 Å². The van der Waals surface area contributed by atoms with E-state index in [2.05, 4.69) is 15.0 Å². The van der Waals surface area contributed by atoms with Crippen molar-refractivity contribution >= 4 is 23.2 Å². The highest BCUT2D eigenvalue weighted by Gasteiger charge is 2.42. The molecular weight excluding hydrogens is 366 g/mol. The second kappa shape index (κ2) is 7.32. The number of thiazole rings is 1. The van der Waals surface area contributed by atoms with Gasteiger partial charge in [0.15, 0.2) is 10.8 Å². The van der Waals surface area contributed by atoms with Gasteiger partial charge in [0.2, 0.25) is 5.91 Å². The molecule has 0 spiro atoms. The van der Waals surface area contributed by atoms with E-state index in [1.165, 1.54) is 11.3 Å². The first kappa shape index (κ1) is 18.0. The minimum absolute atomic E-state index is 0.0624. The second-order valence-corrected chi connectivity index (χ2v) is 7.66. The summed E-state index contributed by atoms with van der Waals surface area (Å²) >= 11 is 1.32. The third-order valence-electron chi connectivity index (χ3n) is 5.05. The number of carbonyl (C=O) groups excluding carboxylic acids is 2. The van der Waals surface area contributed by atoms with E-state index in [4.69, 9.17) is 4.74 Å². The summed E-state index contributed by atoms with van der Waals surface area (Å²) in [5.74, 6) is 0.521. The molecule has 0 N–H and O–H groups in total. The number of hydrogen-bond donors (Lipinski definition) is 0. The van der Waals surface area contributed by atoms with Crippen LogP contribution in [0, 0.1) is 0 Å². The molecule has 0 aliphatic carbocycles. The molecular formula is C18H21N5O3S. The normalized spacial score (nSPS) is 22.7. The topological polar surface area (TPSA) is 88.5 Å². The fraction of sp³-hybridized carbons (Fsp3) is 0.500. The summed E-state index contributed by atoms with van der Waals surface area (Å²) < 4.78 is 5.83. The Morgan fingerprint density at radius 3 is 2.85 bits per heavy atom. The molecule has 2 aromatic rings. The van der Waals surface area contributed by atoms with Crippen molar-refractivity contribution in [2.45, 2.75) is 31.9 Å². The smallest absolute Gasteiger partial charge is 0.266 e. The molecule has 4 rings (SSSR count). The number of hydrogen-bond acceptors (Lipinski definition) is 7. The van der Waals surface area contributed by atoms with Crippen molar-refractivity contribution in [2.24, 2.45) is 0 Å². The Bertz CT molecular complexity index is 856. The zero-order valence-corrected chi connectivity index (χ0v) is 16.1. The van der Waals surface area contributed by atoms with E-state index in [0.29, 0.717) is 48.2 Å². The molecule has 142 valence electrons. The summed E-state index contributed by atoms with van der Waals surface area (Å²) in [6, 6.07) is 1.65. The minimum Gasteiger partial charge on any atom is -0.374 e. The first-order valence-electron chi connectivity index (χ1n) is 9.02. The lowest BCUT2D eigenvalue weighted by Crippen LogP contribution is -2.43. The third-order valence-corrected chi connectivity index (χ3v) is 6.13. The van der Waals surface area contributed by atoms with Gasteiger partial charge in [-0.1, -0.05) is 6.92 Å². The lowest BCUT2D eigenvalue weighted by Gasteiger charge is -2.25. The molecule has 2 amide bonds. The van der Waals surface area contributed by atoms with Gasteiger partial charge in [0.25, 0.3) is 5.91 Å². The maximum atomic E-state index is 13.2. The summed E-state index contributed by atoms with van der Waals surface area (Å²) in [5.41, 5.74) is 0.755. The van der Waals surface area contributed by atoms with Gasteiger partial charge in [-0.25, -0.2) is 15.0 Å². The van der Waals surface area contributed by atoms with Gasteiger partial charge in [0, 0.05) is 32.5 Å². The molecule has 2 atom stereocenters. The monoisotopic (exact) mass is 387 g/mol. The van der Waals surface area contributed by atoms with E-state index < -0.39 is 0 Å². The minimum atomic E-state index is -0.139. The van der Waals surface area contributed by atoms with E-state index in [-0.39, 0.29) is 24.0 Å². The molecule has 2 aliphatic rings. The van der Waals surface area contributed by atoms with Gasteiger partial charge >= 0.3 is 0 Å². The van der Waals surface area contributed by atoms with Crippen molar-refractivity contribution in [3.8, 4) is 10.8 Å². The zero-order chi connectivity index (χ0) is 19.0. The van der Waals surface area contributed by atoms with E-state index in [0.717, 1.165) is 5.69 Å². The van der Waals surface area contributed by atoms with Crippen molar-refractivity contribution in [3.05, 3.63) is 29.0 Å². The number of likely N-dealkylation sites (N-methyl/N-ethyl adjacent to an activating group) is 1. The van der Waals surface area contributed by atoms with Gasteiger partial charge in [-0.3, -0.25) is 9.59 Å². The van der Waals surface area contributed by atoms with Crippen LogP contribution in [0.2, 0.25) is 0 Å².